The van der Waals surface area contributed by atoms with Gasteiger partial charge in [-0.3, -0.25) is 4.79 Å². The van der Waals surface area contributed by atoms with Crippen LogP contribution in [0.4, 0.5) is 13.2 Å². The number of benzene rings is 2. The number of carbonyl (C=O) groups is 1. The lowest BCUT2D eigenvalue weighted by atomic mass is 10.1. The van der Waals surface area contributed by atoms with Crippen molar-refractivity contribution in [1.82, 2.24) is 15.1 Å². The van der Waals surface area contributed by atoms with Crippen molar-refractivity contribution in [2.45, 2.75) is 19.5 Å². The first-order valence-corrected chi connectivity index (χ1v) is 7.80. The molecule has 1 amide bonds. The summed E-state index contributed by atoms with van der Waals surface area (Å²) in [4.78, 5) is 14.3. The molecule has 0 aliphatic carbocycles. The Bertz CT molecular complexity index is 970. The van der Waals surface area contributed by atoms with Crippen molar-refractivity contribution < 1.29 is 22.4 Å². The summed E-state index contributed by atoms with van der Waals surface area (Å²) in [7, 11) is 0. The second-order valence-corrected chi connectivity index (χ2v) is 5.91. The van der Waals surface area contributed by atoms with Crippen molar-refractivity contribution in [3.63, 3.8) is 0 Å². The number of nitrogens with zero attached hydrogens (tertiary/aromatic N) is 3. The Labute approximate surface area is 146 Å². The summed E-state index contributed by atoms with van der Waals surface area (Å²) in [5, 5.41) is 6.89. The summed E-state index contributed by atoms with van der Waals surface area (Å²) < 4.78 is 43.1. The normalized spacial score (nSPS) is 13.5. The van der Waals surface area contributed by atoms with Crippen LogP contribution in [0.2, 0.25) is 0 Å². The molecule has 0 saturated carbocycles. The van der Waals surface area contributed by atoms with Crippen LogP contribution in [-0.4, -0.2) is 21.0 Å². The largest absolute Gasteiger partial charge is 0.415 e. The number of amides is 1. The first-order valence-electron chi connectivity index (χ1n) is 7.80. The molecule has 0 N–H and O–H groups in total. The number of hydrogen-bond donors (Lipinski definition) is 0. The van der Waals surface area contributed by atoms with Gasteiger partial charge in [-0.05, 0) is 35.4 Å². The van der Waals surface area contributed by atoms with Gasteiger partial charge in [0.1, 0.15) is 5.82 Å². The van der Waals surface area contributed by atoms with Gasteiger partial charge in [0.2, 0.25) is 5.89 Å². The van der Waals surface area contributed by atoms with Crippen LogP contribution in [0.15, 0.2) is 46.9 Å². The van der Waals surface area contributed by atoms with E-state index in [1.54, 1.807) is 35.2 Å². The molecule has 3 aromatic rings. The van der Waals surface area contributed by atoms with Gasteiger partial charge < -0.3 is 9.32 Å². The third-order valence-corrected chi connectivity index (χ3v) is 4.15. The molecular weight excluding hydrogens is 347 g/mol. The Morgan fingerprint density at radius 3 is 2.58 bits per heavy atom. The van der Waals surface area contributed by atoms with E-state index in [0.717, 1.165) is 11.1 Å². The van der Waals surface area contributed by atoms with E-state index in [4.69, 9.17) is 4.42 Å². The highest BCUT2D eigenvalue weighted by Crippen LogP contribution is 2.30. The van der Waals surface area contributed by atoms with Gasteiger partial charge in [0, 0.05) is 24.2 Å². The summed E-state index contributed by atoms with van der Waals surface area (Å²) in [6.07, 6.45) is -2.85. The average Bonchev–Trinajstić information content (AvgIpc) is 3.23. The molecule has 5 nitrogen and oxygen atoms in total. The molecule has 2 heterocycles. The minimum atomic E-state index is -2.85. The van der Waals surface area contributed by atoms with E-state index in [1.165, 1.54) is 12.1 Å². The van der Waals surface area contributed by atoms with E-state index < -0.39 is 12.3 Å². The number of halogens is 3. The predicted octanol–water partition coefficient (Wildman–Crippen LogP) is 3.97. The molecule has 0 saturated heterocycles. The van der Waals surface area contributed by atoms with Crippen molar-refractivity contribution in [1.29, 1.82) is 0 Å². The van der Waals surface area contributed by atoms with Gasteiger partial charge in [0.15, 0.2) is 0 Å². The fourth-order valence-electron chi connectivity index (χ4n) is 2.87. The standard InChI is InChI=1S/C18H12F3N3O2/c19-13-5-1-10(2-6-13)8-24-9-12-4-3-11(7-14(12)18(24)25)16-22-23-17(26-16)15(20)21/h1-7,15H,8-9H2. The smallest absolute Gasteiger partial charge is 0.314 e. The molecule has 1 aliphatic heterocycles. The van der Waals surface area contributed by atoms with Crippen LogP contribution in [0.5, 0.6) is 0 Å². The fraction of sp³-hybridized carbons (Fsp3) is 0.167. The first-order chi connectivity index (χ1) is 12.5. The zero-order chi connectivity index (χ0) is 18.3. The maximum Gasteiger partial charge on any atom is 0.314 e. The fourth-order valence-corrected chi connectivity index (χ4v) is 2.87. The van der Waals surface area contributed by atoms with Gasteiger partial charge >= 0.3 is 6.43 Å². The summed E-state index contributed by atoms with van der Waals surface area (Å²) in [5.74, 6) is -1.35. The van der Waals surface area contributed by atoms with Crippen molar-refractivity contribution in [3.05, 3.63) is 70.9 Å². The number of rotatable bonds is 4. The molecule has 2 aromatic carbocycles. The Hall–Kier alpha value is -3.16. The molecular formula is C18H12F3N3O2. The lowest BCUT2D eigenvalue weighted by Gasteiger charge is -2.15. The molecule has 26 heavy (non-hydrogen) atoms. The Balaban J connectivity index is 1.57. The highest BCUT2D eigenvalue weighted by molar-refractivity contribution is 5.99. The molecule has 0 radical (unpaired) electrons. The van der Waals surface area contributed by atoms with Crippen LogP contribution >= 0.6 is 0 Å². The molecule has 8 heteroatoms. The zero-order valence-electron chi connectivity index (χ0n) is 13.3. The number of aromatic nitrogens is 2. The number of carbonyl (C=O) groups excluding carboxylic acids is 1. The van der Waals surface area contributed by atoms with Crippen LogP contribution in [0, 0.1) is 5.82 Å². The molecule has 0 bridgehead atoms. The lowest BCUT2D eigenvalue weighted by molar-refractivity contribution is 0.0766. The maximum absolute atomic E-state index is 13.0. The molecule has 1 aromatic heterocycles. The predicted molar refractivity (Wildman–Crippen MR) is 84.7 cm³/mol. The molecule has 0 spiro atoms. The number of alkyl halides is 2. The highest BCUT2D eigenvalue weighted by atomic mass is 19.3. The Morgan fingerprint density at radius 2 is 1.88 bits per heavy atom. The van der Waals surface area contributed by atoms with Crippen LogP contribution in [-0.2, 0) is 13.1 Å². The van der Waals surface area contributed by atoms with E-state index in [1.807, 2.05) is 0 Å². The Morgan fingerprint density at radius 1 is 1.12 bits per heavy atom. The van der Waals surface area contributed by atoms with E-state index in [0.29, 0.717) is 24.2 Å². The van der Waals surface area contributed by atoms with Crippen molar-refractivity contribution in [3.8, 4) is 11.5 Å². The third-order valence-electron chi connectivity index (χ3n) is 4.15. The average molecular weight is 359 g/mol. The second-order valence-electron chi connectivity index (χ2n) is 5.91. The van der Waals surface area contributed by atoms with E-state index in [2.05, 4.69) is 10.2 Å². The molecule has 1 aliphatic rings. The van der Waals surface area contributed by atoms with Crippen LogP contribution in [0.25, 0.3) is 11.5 Å². The van der Waals surface area contributed by atoms with Gasteiger partial charge in [-0.2, -0.15) is 8.78 Å². The summed E-state index contributed by atoms with van der Waals surface area (Å²) in [6, 6.07) is 10.9. The van der Waals surface area contributed by atoms with Crippen LogP contribution in [0.3, 0.4) is 0 Å². The summed E-state index contributed by atoms with van der Waals surface area (Å²) >= 11 is 0. The maximum atomic E-state index is 13.0. The van der Waals surface area contributed by atoms with Crippen molar-refractivity contribution in [2.75, 3.05) is 0 Å². The van der Waals surface area contributed by atoms with Gasteiger partial charge in [-0.1, -0.05) is 18.2 Å². The van der Waals surface area contributed by atoms with Crippen molar-refractivity contribution in [2.24, 2.45) is 0 Å². The molecule has 0 unspecified atom stereocenters. The topological polar surface area (TPSA) is 59.2 Å². The third kappa shape index (κ3) is 2.94. The van der Waals surface area contributed by atoms with E-state index in [9.17, 15) is 18.0 Å². The minimum Gasteiger partial charge on any atom is -0.415 e. The van der Waals surface area contributed by atoms with Crippen LogP contribution in [0.1, 0.15) is 33.8 Å². The number of hydrogen-bond acceptors (Lipinski definition) is 4. The van der Waals surface area contributed by atoms with Gasteiger partial charge in [-0.25, -0.2) is 4.39 Å². The lowest BCUT2D eigenvalue weighted by Crippen LogP contribution is -2.23. The molecule has 0 fully saturated rings. The molecule has 4 rings (SSSR count). The van der Waals surface area contributed by atoms with Gasteiger partial charge in [0.05, 0.1) is 0 Å². The van der Waals surface area contributed by atoms with E-state index in [-0.39, 0.29) is 17.6 Å². The first kappa shape index (κ1) is 16.3. The summed E-state index contributed by atoms with van der Waals surface area (Å²) in [5.41, 5.74) is 2.49. The summed E-state index contributed by atoms with van der Waals surface area (Å²) in [6.45, 7) is 0.761. The SMILES string of the molecule is O=C1c2cc(-c3nnc(C(F)F)o3)ccc2CN1Cc1ccc(F)cc1. The van der Waals surface area contributed by atoms with Crippen LogP contribution < -0.4 is 0 Å². The van der Waals surface area contributed by atoms with Gasteiger partial charge in [0.25, 0.3) is 11.8 Å². The second kappa shape index (κ2) is 6.29. The zero-order valence-corrected chi connectivity index (χ0v) is 13.3. The minimum absolute atomic E-state index is 0.0621. The quantitative estimate of drug-likeness (QED) is 0.707. The number of fused-ring (bicyclic) bond motifs is 1. The molecule has 0 atom stereocenters. The Kier molecular flexibility index (Phi) is 3.95. The van der Waals surface area contributed by atoms with Gasteiger partial charge in [-0.15, -0.1) is 10.2 Å². The molecule has 132 valence electrons. The monoisotopic (exact) mass is 359 g/mol. The van der Waals surface area contributed by atoms with Crippen molar-refractivity contribution >= 4 is 5.91 Å². The van der Waals surface area contributed by atoms with E-state index >= 15 is 0 Å². The highest BCUT2D eigenvalue weighted by Gasteiger charge is 2.28.